The first-order valence-corrected chi connectivity index (χ1v) is 7.71. The number of nitrogens with one attached hydrogen (secondary N) is 1. The summed E-state index contributed by atoms with van der Waals surface area (Å²) in [5, 5.41) is 7.53. The number of aryl methyl sites for hydroxylation is 1. The number of rotatable bonds is 5. The second-order valence-corrected chi connectivity index (χ2v) is 5.39. The van der Waals surface area contributed by atoms with Gasteiger partial charge in [0.1, 0.15) is 5.75 Å². The van der Waals surface area contributed by atoms with Crippen molar-refractivity contribution in [1.82, 2.24) is 20.4 Å². The van der Waals surface area contributed by atoms with Crippen molar-refractivity contribution < 1.29 is 9.26 Å². The van der Waals surface area contributed by atoms with Crippen molar-refractivity contribution in [2.45, 2.75) is 25.9 Å². The van der Waals surface area contributed by atoms with Crippen molar-refractivity contribution in [3.05, 3.63) is 41.5 Å². The highest BCUT2D eigenvalue weighted by atomic mass is 35.5. The van der Waals surface area contributed by atoms with Crippen LogP contribution < -0.4 is 10.1 Å². The molecule has 1 saturated heterocycles. The number of aromatic nitrogens is 2. The number of hydrogen-bond donors (Lipinski definition) is 1. The topological polar surface area (TPSA) is 63.4 Å². The van der Waals surface area contributed by atoms with E-state index in [2.05, 4.69) is 26.4 Å². The fourth-order valence-electron chi connectivity index (χ4n) is 2.86. The Bertz CT molecular complexity index is 620. The van der Waals surface area contributed by atoms with Gasteiger partial charge in [0.25, 0.3) is 0 Å². The number of ether oxygens (including phenoxy) is 1. The normalized spacial score (nSPS) is 18.4. The van der Waals surface area contributed by atoms with Gasteiger partial charge in [0.15, 0.2) is 5.82 Å². The van der Waals surface area contributed by atoms with Gasteiger partial charge >= 0.3 is 0 Å². The number of benzene rings is 1. The van der Waals surface area contributed by atoms with Gasteiger partial charge in [-0.3, -0.25) is 4.90 Å². The Labute approximate surface area is 142 Å². The Hall–Kier alpha value is -1.63. The molecule has 2 aromatic rings. The van der Waals surface area contributed by atoms with E-state index >= 15 is 0 Å². The molecule has 0 aliphatic carbocycles. The monoisotopic (exact) mass is 338 g/mol. The molecule has 1 aliphatic heterocycles. The smallest absolute Gasteiger partial charge is 0.226 e. The summed E-state index contributed by atoms with van der Waals surface area (Å²) in [6, 6.07) is 8.42. The van der Waals surface area contributed by atoms with Crippen LogP contribution in [0.4, 0.5) is 0 Å². The summed E-state index contributed by atoms with van der Waals surface area (Å²) in [7, 11) is 1.71. The van der Waals surface area contributed by atoms with Gasteiger partial charge in [0.2, 0.25) is 5.89 Å². The zero-order chi connectivity index (χ0) is 15.4. The first-order valence-electron chi connectivity index (χ1n) is 7.71. The molecule has 0 saturated carbocycles. The summed E-state index contributed by atoms with van der Waals surface area (Å²) in [4.78, 5) is 6.80. The molecule has 23 heavy (non-hydrogen) atoms. The molecule has 0 spiro atoms. The molecule has 1 aromatic carbocycles. The molecule has 0 radical (unpaired) electrons. The van der Waals surface area contributed by atoms with Crippen molar-refractivity contribution in [3.8, 4) is 5.75 Å². The lowest BCUT2D eigenvalue weighted by atomic mass is 10.0. The Balaban J connectivity index is 0.00000192. The van der Waals surface area contributed by atoms with Crippen LogP contribution in [-0.2, 0) is 13.0 Å². The van der Waals surface area contributed by atoms with Gasteiger partial charge in [-0.25, -0.2) is 0 Å². The van der Waals surface area contributed by atoms with Gasteiger partial charge in [-0.2, -0.15) is 4.98 Å². The lowest BCUT2D eigenvalue weighted by molar-refractivity contribution is 0.146. The Kier molecular flexibility index (Phi) is 6.38. The van der Waals surface area contributed by atoms with E-state index in [1.54, 1.807) is 7.11 Å². The van der Waals surface area contributed by atoms with Crippen molar-refractivity contribution in [2.75, 3.05) is 26.7 Å². The quantitative estimate of drug-likeness (QED) is 0.901. The largest absolute Gasteiger partial charge is 0.496 e. The summed E-state index contributed by atoms with van der Waals surface area (Å²) in [5.41, 5.74) is 1.19. The minimum Gasteiger partial charge on any atom is -0.496 e. The second-order valence-electron chi connectivity index (χ2n) is 5.39. The third-order valence-corrected chi connectivity index (χ3v) is 4.01. The Morgan fingerprint density at radius 3 is 2.96 bits per heavy atom. The second kappa shape index (κ2) is 8.29. The maximum Gasteiger partial charge on any atom is 0.226 e. The SMILES string of the molecule is CCc1nc(CN2CCNCC2c2ccccc2OC)no1.Cl. The molecule has 1 atom stereocenters. The number of hydrogen-bond acceptors (Lipinski definition) is 6. The van der Waals surface area contributed by atoms with E-state index in [9.17, 15) is 0 Å². The molecule has 1 N–H and O–H groups in total. The van der Waals surface area contributed by atoms with E-state index in [1.807, 2.05) is 25.1 Å². The van der Waals surface area contributed by atoms with E-state index in [0.29, 0.717) is 12.4 Å². The maximum atomic E-state index is 5.51. The van der Waals surface area contributed by atoms with E-state index in [4.69, 9.17) is 9.26 Å². The van der Waals surface area contributed by atoms with Gasteiger partial charge in [0, 0.05) is 31.6 Å². The molecule has 0 amide bonds. The summed E-state index contributed by atoms with van der Waals surface area (Å²) in [6.45, 7) is 5.50. The first-order chi connectivity index (χ1) is 10.8. The molecular weight excluding hydrogens is 316 g/mol. The molecule has 1 unspecified atom stereocenters. The molecule has 3 rings (SSSR count). The Morgan fingerprint density at radius 1 is 1.39 bits per heavy atom. The van der Waals surface area contributed by atoms with Crippen LogP contribution in [0.2, 0.25) is 0 Å². The van der Waals surface area contributed by atoms with Crippen LogP contribution >= 0.6 is 12.4 Å². The molecule has 1 aromatic heterocycles. The van der Waals surface area contributed by atoms with Crippen LogP contribution in [-0.4, -0.2) is 41.8 Å². The highest BCUT2D eigenvalue weighted by molar-refractivity contribution is 5.85. The van der Waals surface area contributed by atoms with E-state index in [1.165, 1.54) is 5.56 Å². The van der Waals surface area contributed by atoms with Gasteiger partial charge in [-0.1, -0.05) is 30.3 Å². The third-order valence-electron chi connectivity index (χ3n) is 4.01. The predicted octanol–water partition coefficient (Wildman–Crippen LogP) is 2.21. The van der Waals surface area contributed by atoms with Crippen LogP contribution in [0.1, 0.15) is 30.2 Å². The zero-order valence-corrected chi connectivity index (χ0v) is 14.3. The standard InChI is InChI=1S/C16H22N4O2.ClH/c1-3-16-18-15(19-22-16)11-20-9-8-17-10-13(20)12-6-4-5-7-14(12)21-2;/h4-7,13,17H,3,8-11H2,1-2H3;1H. The van der Waals surface area contributed by atoms with Crippen LogP contribution in [0.25, 0.3) is 0 Å². The summed E-state index contributed by atoms with van der Waals surface area (Å²) in [5.74, 6) is 2.36. The number of methoxy groups -OCH3 is 1. The summed E-state index contributed by atoms with van der Waals surface area (Å²) in [6.07, 6.45) is 0.768. The lowest BCUT2D eigenvalue weighted by Gasteiger charge is -2.36. The van der Waals surface area contributed by atoms with E-state index in [-0.39, 0.29) is 18.4 Å². The predicted molar refractivity (Wildman–Crippen MR) is 89.9 cm³/mol. The highest BCUT2D eigenvalue weighted by Crippen LogP contribution is 2.30. The van der Waals surface area contributed by atoms with Crippen LogP contribution in [0, 0.1) is 0 Å². The average molecular weight is 339 g/mol. The number of piperazine rings is 1. The van der Waals surface area contributed by atoms with Crippen LogP contribution in [0.15, 0.2) is 28.8 Å². The average Bonchev–Trinajstić information content (AvgIpc) is 3.03. The minimum absolute atomic E-state index is 0. The van der Waals surface area contributed by atoms with Gasteiger partial charge in [0.05, 0.1) is 19.7 Å². The first kappa shape index (κ1) is 17.7. The molecule has 6 nitrogen and oxygen atoms in total. The number of nitrogens with zero attached hydrogens (tertiary/aromatic N) is 3. The molecular formula is C16H23ClN4O2. The number of halogens is 1. The Morgan fingerprint density at radius 2 is 2.22 bits per heavy atom. The van der Waals surface area contributed by atoms with Crippen molar-refractivity contribution >= 4 is 12.4 Å². The fraction of sp³-hybridized carbons (Fsp3) is 0.500. The molecule has 126 valence electrons. The van der Waals surface area contributed by atoms with Gasteiger partial charge in [-0.05, 0) is 6.07 Å². The van der Waals surface area contributed by atoms with Gasteiger partial charge < -0.3 is 14.6 Å². The highest BCUT2D eigenvalue weighted by Gasteiger charge is 2.27. The van der Waals surface area contributed by atoms with E-state index < -0.39 is 0 Å². The van der Waals surface area contributed by atoms with E-state index in [0.717, 1.165) is 37.6 Å². The summed E-state index contributed by atoms with van der Waals surface area (Å²) >= 11 is 0. The van der Waals surface area contributed by atoms with Crippen LogP contribution in [0.5, 0.6) is 5.75 Å². The molecule has 7 heteroatoms. The molecule has 1 aliphatic rings. The van der Waals surface area contributed by atoms with Crippen molar-refractivity contribution in [1.29, 1.82) is 0 Å². The molecule has 1 fully saturated rings. The van der Waals surface area contributed by atoms with Crippen molar-refractivity contribution in [2.24, 2.45) is 0 Å². The summed E-state index contributed by atoms with van der Waals surface area (Å²) < 4.78 is 10.7. The molecule has 2 heterocycles. The molecule has 0 bridgehead atoms. The zero-order valence-electron chi connectivity index (χ0n) is 13.5. The minimum atomic E-state index is 0. The fourth-order valence-corrected chi connectivity index (χ4v) is 2.86. The maximum absolute atomic E-state index is 5.51. The lowest BCUT2D eigenvalue weighted by Crippen LogP contribution is -2.45. The third kappa shape index (κ3) is 4.02. The van der Waals surface area contributed by atoms with Crippen molar-refractivity contribution in [3.63, 3.8) is 0 Å². The van der Waals surface area contributed by atoms with Gasteiger partial charge in [-0.15, -0.1) is 12.4 Å². The van der Waals surface area contributed by atoms with Crippen LogP contribution in [0.3, 0.4) is 0 Å². The number of para-hydroxylation sites is 1.